The molecule has 1 saturated heterocycles. The second kappa shape index (κ2) is 6.12. The minimum absolute atomic E-state index is 0.0279. The summed E-state index contributed by atoms with van der Waals surface area (Å²) in [6.07, 6.45) is 2.29. The molecule has 0 amide bonds. The highest BCUT2D eigenvalue weighted by atomic mass is 35.5. The summed E-state index contributed by atoms with van der Waals surface area (Å²) in [5, 5.41) is 12.4. The Hall–Kier alpha value is -1.46. The van der Waals surface area contributed by atoms with E-state index < -0.39 is 0 Å². The van der Waals surface area contributed by atoms with Gasteiger partial charge in [-0.05, 0) is 25.0 Å². The number of rotatable bonds is 3. The van der Waals surface area contributed by atoms with E-state index in [4.69, 9.17) is 27.3 Å². The molecule has 0 radical (unpaired) electrons. The van der Waals surface area contributed by atoms with Gasteiger partial charge in [-0.2, -0.15) is 0 Å². The van der Waals surface area contributed by atoms with Crippen molar-refractivity contribution in [3.8, 4) is 0 Å². The van der Waals surface area contributed by atoms with Gasteiger partial charge in [0.1, 0.15) is 0 Å². The van der Waals surface area contributed by atoms with Gasteiger partial charge < -0.3 is 20.6 Å². The molecule has 1 fully saturated rings. The van der Waals surface area contributed by atoms with E-state index in [2.05, 4.69) is 10.1 Å². The van der Waals surface area contributed by atoms with Crippen LogP contribution in [0.25, 0.3) is 0 Å². The molecule has 19 heavy (non-hydrogen) atoms. The Morgan fingerprint density at radius 1 is 1.58 bits per heavy atom. The highest BCUT2D eigenvalue weighted by Gasteiger charge is 2.23. The van der Waals surface area contributed by atoms with Crippen molar-refractivity contribution in [1.82, 2.24) is 0 Å². The average molecular weight is 284 g/mol. The van der Waals surface area contributed by atoms with Crippen LogP contribution in [0.5, 0.6) is 0 Å². The molecule has 0 bridgehead atoms. The predicted molar refractivity (Wildman–Crippen MR) is 76.2 cm³/mol. The quantitative estimate of drug-likeness (QED) is 0.385. The zero-order valence-corrected chi connectivity index (χ0v) is 11.6. The van der Waals surface area contributed by atoms with Crippen LogP contribution in [0.4, 0.5) is 5.69 Å². The monoisotopic (exact) mass is 283 g/mol. The van der Waals surface area contributed by atoms with Crippen molar-refractivity contribution in [2.24, 2.45) is 10.9 Å². The third kappa shape index (κ3) is 2.93. The molecule has 0 aromatic heterocycles. The molecule has 1 aliphatic rings. The number of methoxy groups -OCH3 is 1. The van der Waals surface area contributed by atoms with Crippen molar-refractivity contribution in [2.75, 3.05) is 25.1 Å². The van der Waals surface area contributed by atoms with Crippen molar-refractivity contribution < 1.29 is 9.94 Å². The Bertz CT molecular complexity index is 479. The molecule has 1 aromatic rings. The molecule has 5 nitrogen and oxygen atoms in total. The van der Waals surface area contributed by atoms with Crippen molar-refractivity contribution in [2.45, 2.75) is 18.9 Å². The maximum absolute atomic E-state index is 8.89. The fraction of sp³-hybridized carbons (Fsp3) is 0.462. The first-order valence-corrected chi connectivity index (χ1v) is 6.59. The molecule has 0 spiro atoms. The van der Waals surface area contributed by atoms with E-state index >= 15 is 0 Å². The number of hydrogen-bond acceptors (Lipinski definition) is 4. The van der Waals surface area contributed by atoms with Gasteiger partial charge in [-0.25, -0.2) is 0 Å². The van der Waals surface area contributed by atoms with Gasteiger partial charge in [0.15, 0.2) is 5.84 Å². The van der Waals surface area contributed by atoms with Crippen LogP contribution in [0, 0.1) is 0 Å². The van der Waals surface area contributed by atoms with E-state index in [-0.39, 0.29) is 11.9 Å². The van der Waals surface area contributed by atoms with Crippen LogP contribution in [0.1, 0.15) is 18.4 Å². The molecular formula is C13H18ClN3O2. The predicted octanol–water partition coefficient (Wildman–Crippen LogP) is 2.05. The van der Waals surface area contributed by atoms with Crippen molar-refractivity contribution >= 4 is 23.1 Å². The Kier molecular flexibility index (Phi) is 4.50. The summed E-state index contributed by atoms with van der Waals surface area (Å²) in [5.74, 6) is 0.0279. The van der Waals surface area contributed by atoms with Gasteiger partial charge in [0.2, 0.25) is 0 Å². The number of amidine groups is 1. The molecule has 1 unspecified atom stereocenters. The number of nitrogens with zero attached hydrogens (tertiary/aromatic N) is 2. The van der Waals surface area contributed by atoms with Crippen LogP contribution in [0.3, 0.4) is 0 Å². The number of nitrogens with two attached hydrogens (primary N) is 1. The molecular weight excluding hydrogens is 266 g/mol. The topological polar surface area (TPSA) is 71.1 Å². The van der Waals surface area contributed by atoms with E-state index in [1.165, 1.54) is 0 Å². The zero-order chi connectivity index (χ0) is 13.8. The Morgan fingerprint density at radius 2 is 2.37 bits per heavy atom. The fourth-order valence-electron chi connectivity index (χ4n) is 2.43. The number of oxime groups is 1. The highest BCUT2D eigenvalue weighted by molar-refractivity contribution is 6.34. The number of halogens is 1. The van der Waals surface area contributed by atoms with E-state index in [0.717, 1.165) is 31.6 Å². The summed E-state index contributed by atoms with van der Waals surface area (Å²) >= 11 is 6.16. The van der Waals surface area contributed by atoms with E-state index in [0.29, 0.717) is 10.6 Å². The Morgan fingerprint density at radius 3 is 3.05 bits per heavy atom. The minimum atomic E-state index is 0.0279. The van der Waals surface area contributed by atoms with Crippen LogP contribution in [-0.4, -0.2) is 37.3 Å². The number of ether oxygens (including phenoxy) is 1. The average Bonchev–Trinajstić information content (AvgIpc) is 2.46. The highest BCUT2D eigenvalue weighted by Crippen LogP contribution is 2.29. The first-order chi connectivity index (χ1) is 9.17. The van der Waals surface area contributed by atoms with Crippen LogP contribution in [0.15, 0.2) is 23.4 Å². The molecule has 2 rings (SSSR count). The number of anilines is 1. The van der Waals surface area contributed by atoms with Gasteiger partial charge in [0.05, 0.1) is 16.7 Å². The summed E-state index contributed by atoms with van der Waals surface area (Å²) in [7, 11) is 1.72. The van der Waals surface area contributed by atoms with Crippen LogP contribution in [-0.2, 0) is 4.74 Å². The minimum Gasteiger partial charge on any atom is -0.409 e. The molecule has 0 saturated carbocycles. The first-order valence-electron chi connectivity index (χ1n) is 6.21. The summed E-state index contributed by atoms with van der Waals surface area (Å²) in [5.41, 5.74) is 7.18. The standard InChI is InChI=1S/C13H18ClN3O2/c1-19-9-4-3-7-17(8-9)11-6-2-5-10(14)12(11)13(15)16-18/h2,5-6,9,18H,3-4,7-8H2,1H3,(H2,15,16). The number of piperidine rings is 1. The van der Waals surface area contributed by atoms with Crippen molar-refractivity contribution in [3.05, 3.63) is 28.8 Å². The lowest BCUT2D eigenvalue weighted by atomic mass is 10.0. The van der Waals surface area contributed by atoms with Crippen molar-refractivity contribution in [1.29, 1.82) is 0 Å². The van der Waals surface area contributed by atoms with E-state index in [9.17, 15) is 0 Å². The second-order valence-corrected chi connectivity index (χ2v) is 4.97. The van der Waals surface area contributed by atoms with Gasteiger partial charge in [-0.15, -0.1) is 0 Å². The molecule has 3 N–H and O–H groups in total. The largest absolute Gasteiger partial charge is 0.409 e. The molecule has 6 heteroatoms. The van der Waals surface area contributed by atoms with E-state index in [1.54, 1.807) is 13.2 Å². The van der Waals surface area contributed by atoms with Crippen LogP contribution >= 0.6 is 11.6 Å². The lowest BCUT2D eigenvalue weighted by Gasteiger charge is -2.34. The summed E-state index contributed by atoms with van der Waals surface area (Å²) in [6, 6.07) is 5.52. The SMILES string of the molecule is COC1CCCN(c2cccc(Cl)c2/C(N)=N/O)C1. The Balaban J connectivity index is 2.36. The zero-order valence-electron chi connectivity index (χ0n) is 10.8. The second-order valence-electron chi connectivity index (χ2n) is 4.57. The normalized spacial score (nSPS) is 20.6. The van der Waals surface area contributed by atoms with Crippen LogP contribution in [0.2, 0.25) is 5.02 Å². The molecule has 1 atom stereocenters. The van der Waals surface area contributed by atoms with E-state index in [1.807, 2.05) is 12.1 Å². The summed E-state index contributed by atoms with van der Waals surface area (Å²) in [6.45, 7) is 1.69. The summed E-state index contributed by atoms with van der Waals surface area (Å²) in [4.78, 5) is 2.16. The third-order valence-electron chi connectivity index (χ3n) is 3.41. The number of benzene rings is 1. The van der Waals surface area contributed by atoms with Crippen molar-refractivity contribution in [3.63, 3.8) is 0 Å². The number of hydrogen-bond donors (Lipinski definition) is 2. The van der Waals surface area contributed by atoms with Gasteiger partial charge in [0, 0.05) is 25.9 Å². The molecule has 1 aromatic carbocycles. The summed E-state index contributed by atoms with van der Waals surface area (Å²) < 4.78 is 5.41. The van der Waals surface area contributed by atoms with Gasteiger partial charge in [0.25, 0.3) is 0 Å². The molecule has 1 aliphatic heterocycles. The fourth-order valence-corrected chi connectivity index (χ4v) is 2.70. The van der Waals surface area contributed by atoms with Gasteiger partial charge >= 0.3 is 0 Å². The maximum Gasteiger partial charge on any atom is 0.173 e. The Labute approximate surface area is 117 Å². The molecule has 0 aliphatic carbocycles. The first kappa shape index (κ1) is 14.0. The lowest BCUT2D eigenvalue weighted by Crippen LogP contribution is -2.40. The lowest BCUT2D eigenvalue weighted by molar-refractivity contribution is 0.0893. The van der Waals surface area contributed by atoms with Crippen LogP contribution < -0.4 is 10.6 Å². The molecule has 1 heterocycles. The molecule has 104 valence electrons. The van der Waals surface area contributed by atoms with Gasteiger partial charge in [-0.1, -0.05) is 22.8 Å². The van der Waals surface area contributed by atoms with Gasteiger partial charge in [-0.3, -0.25) is 0 Å². The smallest absolute Gasteiger partial charge is 0.173 e. The maximum atomic E-state index is 8.89. The third-order valence-corrected chi connectivity index (χ3v) is 3.72.